The number of methoxy groups -OCH3 is 1. The number of halogens is 2. The maximum Gasteiger partial charge on any atom is 0.336 e. The first-order valence-corrected chi connectivity index (χ1v) is 7.68. The van der Waals surface area contributed by atoms with Crippen molar-refractivity contribution in [2.45, 2.75) is 24.3 Å². The van der Waals surface area contributed by atoms with Crippen molar-refractivity contribution in [3.63, 3.8) is 0 Å². The lowest BCUT2D eigenvalue weighted by molar-refractivity contribution is -0.150. The molecule has 7 heteroatoms. The second-order valence-electron chi connectivity index (χ2n) is 5.74. The van der Waals surface area contributed by atoms with Crippen molar-refractivity contribution in [1.82, 2.24) is 0 Å². The van der Waals surface area contributed by atoms with Gasteiger partial charge in [-0.3, -0.25) is 4.79 Å². The first-order chi connectivity index (χ1) is 10.8. The lowest BCUT2D eigenvalue weighted by Gasteiger charge is -2.12. The van der Waals surface area contributed by atoms with Crippen molar-refractivity contribution in [3.8, 4) is 5.75 Å². The second-order valence-corrected chi connectivity index (χ2v) is 7.23. The Kier molecular flexibility index (Phi) is 3.81. The summed E-state index contributed by atoms with van der Waals surface area (Å²) in [5.41, 5.74) is -0.525. The van der Waals surface area contributed by atoms with Crippen molar-refractivity contribution >= 4 is 40.1 Å². The number of carbonyl (C=O) groups is 1. The number of esters is 1. The van der Waals surface area contributed by atoms with Crippen LogP contribution >= 0.6 is 23.2 Å². The fourth-order valence-electron chi connectivity index (χ4n) is 2.38. The summed E-state index contributed by atoms with van der Waals surface area (Å²) in [6.45, 7) is 1.59. The molecule has 0 saturated heterocycles. The minimum absolute atomic E-state index is 0.0628. The highest BCUT2D eigenvalue weighted by molar-refractivity contribution is 6.53. The van der Waals surface area contributed by atoms with Gasteiger partial charge in [-0.25, -0.2) is 4.79 Å². The van der Waals surface area contributed by atoms with Crippen molar-refractivity contribution in [1.29, 1.82) is 0 Å². The molecular formula is C16H14Cl2O5. The van der Waals surface area contributed by atoms with E-state index in [0.717, 1.165) is 0 Å². The molecule has 1 aromatic heterocycles. The highest BCUT2D eigenvalue weighted by Gasteiger charge is 2.69. The zero-order chi connectivity index (χ0) is 16.8. The highest BCUT2D eigenvalue weighted by Crippen LogP contribution is 2.64. The summed E-state index contributed by atoms with van der Waals surface area (Å²) in [4.78, 5) is 23.8. The third-order valence-electron chi connectivity index (χ3n) is 4.10. The van der Waals surface area contributed by atoms with Gasteiger partial charge in [0.15, 0.2) is 0 Å². The van der Waals surface area contributed by atoms with Crippen molar-refractivity contribution in [2.24, 2.45) is 5.41 Å². The number of fused-ring (bicyclic) bond motifs is 1. The maximum absolute atomic E-state index is 12.1. The van der Waals surface area contributed by atoms with Crippen LogP contribution in [0.2, 0.25) is 0 Å². The normalized spacial score (nSPS) is 21.9. The van der Waals surface area contributed by atoms with Crippen LogP contribution in [0.15, 0.2) is 33.5 Å². The van der Waals surface area contributed by atoms with Crippen LogP contribution < -0.4 is 10.4 Å². The first-order valence-electron chi connectivity index (χ1n) is 6.93. The minimum Gasteiger partial charge on any atom is -0.497 e. The standard InChI is InChI=1S/C16H14Cl2O5/c1-15(8-16(15,17)18)14(20)22-7-9-5-13(19)23-12-6-10(21-2)3-4-11(9)12/h3-6H,7-8H2,1-2H3/t15-/m1/s1. The molecule has 5 nitrogen and oxygen atoms in total. The van der Waals surface area contributed by atoms with E-state index in [1.807, 2.05) is 0 Å². The zero-order valence-electron chi connectivity index (χ0n) is 12.5. The smallest absolute Gasteiger partial charge is 0.336 e. The molecule has 0 aliphatic heterocycles. The van der Waals surface area contributed by atoms with E-state index in [4.69, 9.17) is 37.1 Å². The summed E-state index contributed by atoms with van der Waals surface area (Å²) in [5.74, 6) is 0.0757. The van der Waals surface area contributed by atoms with Crippen LogP contribution in [0.5, 0.6) is 5.75 Å². The van der Waals surface area contributed by atoms with E-state index in [2.05, 4.69) is 0 Å². The Balaban J connectivity index is 1.86. The van der Waals surface area contributed by atoms with Crippen molar-refractivity contribution < 1.29 is 18.7 Å². The summed E-state index contributed by atoms with van der Waals surface area (Å²) < 4.78 is 14.4. The van der Waals surface area contributed by atoms with Crippen molar-refractivity contribution in [2.75, 3.05) is 7.11 Å². The highest BCUT2D eigenvalue weighted by atomic mass is 35.5. The molecule has 1 fully saturated rings. The monoisotopic (exact) mass is 356 g/mol. The SMILES string of the molecule is COc1ccc2c(COC(=O)[C@@]3(C)CC3(Cl)Cl)cc(=O)oc2c1. The molecule has 0 amide bonds. The van der Waals surface area contributed by atoms with Crippen LogP contribution in [0, 0.1) is 5.41 Å². The molecule has 1 saturated carbocycles. The molecular weight excluding hydrogens is 343 g/mol. The molecule has 122 valence electrons. The Morgan fingerprint density at radius 3 is 2.65 bits per heavy atom. The van der Waals surface area contributed by atoms with Gasteiger partial charge >= 0.3 is 11.6 Å². The largest absolute Gasteiger partial charge is 0.497 e. The quantitative estimate of drug-likeness (QED) is 0.477. The second kappa shape index (κ2) is 5.42. The van der Waals surface area contributed by atoms with Gasteiger partial charge in [0.1, 0.15) is 27.7 Å². The lowest BCUT2D eigenvalue weighted by atomic mass is 10.1. The summed E-state index contributed by atoms with van der Waals surface area (Å²) in [6.07, 6.45) is 0.344. The average Bonchev–Trinajstić information content (AvgIpc) is 3.03. The Morgan fingerprint density at radius 1 is 1.35 bits per heavy atom. The average molecular weight is 357 g/mol. The molecule has 1 aliphatic carbocycles. The molecule has 0 unspecified atom stereocenters. The van der Waals surface area contributed by atoms with Gasteiger partial charge < -0.3 is 13.9 Å². The van der Waals surface area contributed by atoms with Crippen LogP contribution in [0.25, 0.3) is 11.0 Å². The van der Waals surface area contributed by atoms with E-state index in [9.17, 15) is 9.59 Å². The number of alkyl halides is 2. The number of hydrogen-bond acceptors (Lipinski definition) is 5. The molecule has 0 N–H and O–H groups in total. The van der Waals surface area contributed by atoms with Crippen LogP contribution in [0.1, 0.15) is 18.9 Å². The minimum atomic E-state index is -1.09. The summed E-state index contributed by atoms with van der Waals surface area (Å²) in [5, 5.41) is 0.669. The van der Waals surface area contributed by atoms with Crippen LogP contribution in [0.3, 0.4) is 0 Å². The van der Waals surface area contributed by atoms with Gasteiger partial charge in [-0.2, -0.15) is 0 Å². The van der Waals surface area contributed by atoms with E-state index >= 15 is 0 Å². The van der Waals surface area contributed by atoms with E-state index in [1.54, 1.807) is 25.1 Å². The van der Waals surface area contributed by atoms with Gasteiger partial charge in [-0.05, 0) is 19.1 Å². The predicted octanol–water partition coefficient (Wildman–Crippen LogP) is 3.43. The molecule has 2 aromatic rings. The summed E-state index contributed by atoms with van der Waals surface area (Å²) in [6, 6.07) is 6.38. The Hall–Kier alpha value is -1.72. The van der Waals surface area contributed by atoms with Gasteiger partial charge in [0.2, 0.25) is 0 Å². The lowest BCUT2D eigenvalue weighted by Crippen LogP contribution is -2.21. The molecule has 0 spiro atoms. The van der Waals surface area contributed by atoms with E-state index in [1.165, 1.54) is 13.2 Å². The number of benzene rings is 1. The molecule has 23 heavy (non-hydrogen) atoms. The van der Waals surface area contributed by atoms with E-state index in [-0.39, 0.29) is 6.61 Å². The third-order valence-corrected chi connectivity index (χ3v) is 5.21. The number of carbonyl (C=O) groups excluding carboxylic acids is 1. The Morgan fingerprint density at radius 2 is 2.04 bits per heavy atom. The van der Waals surface area contributed by atoms with Gasteiger partial charge in [0.25, 0.3) is 0 Å². The van der Waals surface area contributed by atoms with Crippen LogP contribution in [-0.2, 0) is 16.1 Å². The van der Waals surface area contributed by atoms with Crippen molar-refractivity contribution in [3.05, 3.63) is 40.2 Å². The summed E-state index contributed by atoms with van der Waals surface area (Å²) >= 11 is 11.9. The van der Waals surface area contributed by atoms with Gasteiger partial charge in [-0.1, -0.05) is 0 Å². The maximum atomic E-state index is 12.1. The molecule has 1 aliphatic rings. The van der Waals surface area contributed by atoms with E-state index in [0.29, 0.717) is 28.7 Å². The van der Waals surface area contributed by atoms with E-state index < -0.39 is 21.3 Å². The van der Waals surface area contributed by atoms with Crippen LogP contribution in [0.4, 0.5) is 0 Å². The predicted molar refractivity (Wildman–Crippen MR) is 86.0 cm³/mol. The topological polar surface area (TPSA) is 65.7 Å². The third kappa shape index (κ3) is 2.79. The molecule has 0 radical (unpaired) electrons. The fraction of sp³-hybridized carbons (Fsp3) is 0.375. The number of ether oxygens (including phenoxy) is 2. The first kappa shape index (κ1) is 16.1. The molecule has 3 rings (SSSR count). The number of rotatable bonds is 4. The fourth-order valence-corrected chi connectivity index (χ4v) is 3.07. The molecule has 1 atom stereocenters. The Bertz CT molecular complexity index is 842. The summed E-state index contributed by atoms with van der Waals surface area (Å²) in [7, 11) is 1.52. The zero-order valence-corrected chi connectivity index (χ0v) is 14.0. The number of hydrogen-bond donors (Lipinski definition) is 0. The molecule has 1 aromatic carbocycles. The van der Waals surface area contributed by atoms with Gasteiger partial charge in [0, 0.05) is 29.5 Å². The van der Waals surface area contributed by atoms with Crippen LogP contribution in [-0.4, -0.2) is 17.4 Å². The Labute approximate surface area is 142 Å². The van der Waals surface area contributed by atoms with Gasteiger partial charge in [0.05, 0.1) is 7.11 Å². The van der Waals surface area contributed by atoms with Gasteiger partial charge in [-0.15, -0.1) is 23.2 Å². The molecule has 0 bridgehead atoms. The molecule has 1 heterocycles.